The lowest BCUT2D eigenvalue weighted by atomic mass is 10.1. The summed E-state index contributed by atoms with van der Waals surface area (Å²) in [5.74, 6) is -1.41. The minimum absolute atomic E-state index is 0.0465. The summed E-state index contributed by atoms with van der Waals surface area (Å²) in [6.45, 7) is 3.94. The molecule has 7 nitrogen and oxygen atoms in total. The number of nitrogens with one attached hydrogen (secondary N) is 1. The largest absolute Gasteiger partial charge is 0.573 e. The molecule has 4 rings (SSSR count). The molecule has 0 amide bonds. The van der Waals surface area contributed by atoms with Crippen LogP contribution < -0.4 is 15.0 Å². The molecule has 188 valence electrons. The van der Waals surface area contributed by atoms with Crippen molar-refractivity contribution in [3.8, 4) is 5.75 Å². The van der Waals surface area contributed by atoms with Crippen molar-refractivity contribution in [2.75, 3.05) is 11.4 Å². The Morgan fingerprint density at radius 2 is 1.89 bits per heavy atom. The van der Waals surface area contributed by atoms with Gasteiger partial charge in [-0.2, -0.15) is 0 Å². The number of nitrogens with zero attached hydrogens (tertiary/aromatic N) is 1. The molecule has 1 aromatic heterocycles. The number of anilines is 1. The van der Waals surface area contributed by atoms with E-state index < -0.39 is 39.3 Å². The van der Waals surface area contributed by atoms with Gasteiger partial charge in [0.05, 0.1) is 11.3 Å². The molecule has 2 heterocycles. The molecule has 1 aliphatic heterocycles. The number of piperazine rings is 1. The molecule has 3 unspecified atom stereocenters. The average Bonchev–Trinajstić information content (AvgIpc) is 3.14. The van der Waals surface area contributed by atoms with Crippen molar-refractivity contribution >= 4 is 42.9 Å². The molecule has 0 aliphatic carbocycles. The molecule has 0 radical (unpaired) electrons. The van der Waals surface area contributed by atoms with Crippen molar-refractivity contribution in [1.29, 1.82) is 0 Å². The number of ether oxygens (including phenoxy) is 1. The Kier molecular flexibility index (Phi) is 6.73. The number of carboxylic acid groups (broad SMARTS) is 1. The first kappa shape index (κ1) is 25.3. The predicted octanol–water partition coefficient (Wildman–Crippen LogP) is 4.41. The van der Waals surface area contributed by atoms with Crippen LogP contribution in [0.25, 0.3) is 10.1 Å². The fourth-order valence-corrected chi connectivity index (χ4v) is 7.38. The zero-order valence-electron chi connectivity index (χ0n) is 18.7. The molecule has 2 N–H and O–H groups in total. The Bertz CT molecular complexity index is 1340. The zero-order chi connectivity index (χ0) is 25.5. The van der Waals surface area contributed by atoms with Crippen LogP contribution in [-0.2, 0) is 21.1 Å². The molecule has 1 saturated heterocycles. The average molecular weight is 529 g/mol. The second-order valence-corrected chi connectivity index (χ2v) is 11.4. The Balaban J connectivity index is 1.73. The summed E-state index contributed by atoms with van der Waals surface area (Å²) in [6, 6.07) is 9.19. The van der Waals surface area contributed by atoms with Gasteiger partial charge in [0.25, 0.3) is 0 Å². The summed E-state index contributed by atoms with van der Waals surface area (Å²) >= 11 is 1.34. The van der Waals surface area contributed by atoms with Crippen molar-refractivity contribution in [2.45, 2.75) is 49.0 Å². The fraction of sp³-hybridized carbons (Fsp3) is 0.348. The molecule has 0 bridgehead atoms. The molecule has 35 heavy (non-hydrogen) atoms. The van der Waals surface area contributed by atoms with E-state index in [1.54, 1.807) is 23.3 Å². The van der Waals surface area contributed by atoms with Crippen molar-refractivity contribution in [2.24, 2.45) is 0 Å². The Hall–Kier alpha value is -2.83. The number of aliphatic carboxylic acids is 1. The zero-order valence-corrected chi connectivity index (χ0v) is 20.4. The van der Waals surface area contributed by atoms with Crippen molar-refractivity contribution in [1.82, 2.24) is 5.32 Å². The summed E-state index contributed by atoms with van der Waals surface area (Å²) in [5, 5.41) is 13.7. The number of carbonyl (C=O) groups is 1. The first-order chi connectivity index (χ1) is 16.3. The van der Waals surface area contributed by atoms with Crippen molar-refractivity contribution in [3.63, 3.8) is 0 Å². The number of alkyl halides is 3. The molecule has 1 aliphatic rings. The summed E-state index contributed by atoms with van der Waals surface area (Å²) in [7, 11) is -3.98. The van der Waals surface area contributed by atoms with E-state index in [4.69, 9.17) is 0 Å². The standard InChI is InChI=1S/C23H23F3N2O5S2/c1-13-11-28(16-3-5-17(6-4-16)33-23(24,25)26)22(14(2)27-13)35(31,32)18-7-8-20-19(10-18)15(12-34-20)9-21(29)30/h3-8,10,12-14,22,27H,9,11H2,1-2H3,(H,29,30). The minimum Gasteiger partial charge on any atom is -0.481 e. The lowest BCUT2D eigenvalue weighted by Crippen LogP contribution is -2.63. The number of sulfone groups is 1. The summed E-state index contributed by atoms with van der Waals surface area (Å²) in [5.41, 5.74) is 0.978. The van der Waals surface area contributed by atoms with E-state index in [1.165, 1.54) is 35.6 Å². The Morgan fingerprint density at radius 1 is 1.20 bits per heavy atom. The highest BCUT2D eigenvalue weighted by Gasteiger charge is 2.42. The van der Waals surface area contributed by atoms with E-state index in [1.807, 2.05) is 6.92 Å². The molecule has 0 saturated carbocycles. The van der Waals surface area contributed by atoms with Crippen LogP contribution in [0, 0.1) is 0 Å². The molecule has 2 aromatic carbocycles. The van der Waals surface area contributed by atoms with Crippen LogP contribution in [0.4, 0.5) is 18.9 Å². The maximum Gasteiger partial charge on any atom is 0.573 e. The van der Waals surface area contributed by atoms with Crippen LogP contribution in [0.2, 0.25) is 0 Å². The quantitative estimate of drug-likeness (QED) is 0.489. The molecular weight excluding hydrogens is 505 g/mol. The first-order valence-corrected chi connectivity index (χ1v) is 13.1. The minimum atomic E-state index is -4.83. The van der Waals surface area contributed by atoms with Gasteiger partial charge in [-0.1, -0.05) is 0 Å². The van der Waals surface area contributed by atoms with Crippen LogP contribution in [0.3, 0.4) is 0 Å². The lowest BCUT2D eigenvalue weighted by molar-refractivity contribution is -0.274. The number of hydrogen-bond donors (Lipinski definition) is 2. The summed E-state index contributed by atoms with van der Waals surface area (Å²) in [6.07, 6.45) is -5.05. The Labute approximate surface area is 204 Å². The molecule has 3 atom stereocenters. The molecule has 0 spiro atoms. The maximum atomic E-state index is 13.9. The topological polar surface area (TPSA) is 95.9 Å². The van der Waals surface area contributed by atoms with Gasteiger partial charge in [0.1, 0.15) is 5.75 Å². The molecule has 12 heteroatoms. The van der Waals surface area contributed by atoms with Gasteiger partial charge in [0.2, 0.25) is 9.84 Å². The molecule has 1 fully saturated rings. The van der Waals surface area contributed by atoms with Crippen LogP contribution in [0.15, 0.2) is 52.7 Å². The third-order valence-electron chi connectivity index (χ3n) is 5.77. The number of carboxylic acids is 1. The van der Waals surface area contributed by atoms with Crippen LogP contribution in [-0.4, -0.2) is 49.9 Å². The normalized spacial score (nSPS) is 21.3. The second kappa shape index (κ2) is 9.32. The van der Waals surface area contributed by atoms with Crippen LogP contribution in [0.5, 0.6) is 5.75 Å². The molecular formula is C23H23F3N2O5S2. The van der Waals surface area contributed by atoms with Crippen molar-refractivity contribution < 1.29 is 36.2 Å². The van der Waals surface area contributed by atoms with Gasteiger partial charge in [-0.15, -0.1) is 24.5 Å². The van der Waals surface area contributed by atoms with Gasteiger partial charge in [0, 0.05) is 29.0 Å². The van der Waals surface area contributed by atoms with Crippen molar-refractivity contribution in [3.05, 3.63) is 53.4 Å². The number of rotatable bonds is 6. The smallest absolute Gasteiger partial charge is 0.481 e. The SMILES string of the molecule is CC1CN(c2ccc(OC(F)(F)F)cc2)C(S(=O)(=O)c2ccc3scc(CC(=O)O)c3c2)C(C)N1. The van der Waals surface area contributed by atoms with E-state index in [9.17, 15) is 31.5 Å². The van der Waals surface area contributed by atoms with Gasteiger partial charge in [0.15, 0.2) is 5.37 Å². The number of benzene rings is 2. The van der Waals surface area contributed by atoms with Crippen LogP contribution >= 0.6 is 11.3 Å². The van der Waals surface area contributed by atoms with E-state index >= 15 is 0 Å². The first-order valence-electron chi connectivity index (χ1n) is 10.7. The highest BCUT2D eigenvalue weighted by atomic mass is 32.2. The Morgan fingerprint density at radius 3 is 2.51 bits per heavy atom. The van der Waals surface area contributed by atoms with E-state index in [0.29, 0.717) is 23.2 Å². The third kappa shape index (κ3) is 5.39. The van der Waals surface area contributed by atoms with Crippen LogP contribution in [0.1, 0.15) is 19.4 Å². The van der Waals surface area contributed by atoms with Gasteiger partial charge in [-0.05, 0) is 72.6 Å². The molecule has 3 aromatic rings. The van der Waals surface area contributed by atoms with Gasteiger partial charge < -0.3 is 20.1 Å². The van der Waals surface area contributed by atoms with E-state index in [2.05, 4.69) is 10.1 Å². The lowest BCUT2D eigenvalue weighted by Gasteiger charge is -2.44. The van der Waals surface area contributed by atoms with Gasteiger partial charge in [-0.3, -0.25) is 4.79 Å². The number of halogens is 3. The highest BCUT2D eigenvalue weighted by molar-refractivity contribution is 7.92. The fourth-order valence-electron chi connectivity index (χ4n) is 4.46. The van der Waals surface area contributed by atoms with E-state index in [-0.39, 0.29) is 17.4 Å². The van der Waals surface area contributed by atoms with Gasteiger partial charge in [-0.25, -0.2) is 8.42 Å². The predicted molar refractivity (Wildman–Crippen MR) is 127 cm³/mol. The summed E-state index contributed by atoms with van der Waals surface area (Å²) in [4.78, 5) is 12.9. The third-order valence-corrected chi connectivity index (χ3v) is 8.99. The number of thiophene rings is 1. The monoisotopic (exact) mass is 528 g/mol. The highest BCUT2D eigenvalue weighted by Crippen LogP contribution is 2.34. The number of hydrogen-bond acceptors (Lipinski definition) is 7. The second-order valence-electron chi connectivity index (χ2n) is 8.48. The maximum absolute atomic E-state index is 13.9. The van der Waals surface area contributed by atoms with E-state index in [0.717, 1.165) is 16.8 Å². The number of fused-ring (bicyclic) bond motifs is 1. The van der Waals surface area contributed by atoms with Gasteiger partial charge >= 0.3 is 12.3 Å². The summed E-state index contributed by atoms with van der Waals surface area (Å²) < 4.78 is 70.1.